The number of unbranched alkanes of at least 4 members (excludes halogenated alkanes) is 2. The summed E-state index contributed by atoms with van der Waals surface area (Å²) in [6, 6.07) is 0. The van der Waals surface area contributed by atoms with Gasteiger partial charge >= 0.3 is 0 Å². The van der Waals surface area contributed by atoms with Crippen LogP contribution in [-0.4, -0.2) is 23.6 Å². The number of hydrogen-bond acceptors (Lipinski definition) is 4. The first-order valence-electron chi connectivity index (χ1n) is 8.33. The third-order valence-electron chi connectivity index (χ3n) is 3.49. The van der Waals surface area contributed by atoms with Crippen molar-refractivity contribution < 1.29 is 0 Å². The number of rotatable bonds is 9. The van der Waals surface area contributed by atoms with E-state index in [0.717, 1.165) is 19.6 Å². The fourth-order valence-electron chi connectivity index (χ4n) is 2.06. The Bertz CT molecular complexity index is 399. The molecule has 0 aliphatic rings. The van der Waals surface area contributed by atoms with Crippen LogP contribution in [0.25, 0.3) is 0 Å². The summed E-state index contributed by atoms with van der Waals surface area (Å²) in [5.41, 5.74) is 1.34. The zero-order valence-corrected chi connectivity index (χ0v) is 15.6. The summed E-state index contributed by atoms with van der Waals surface area (Å²) >= 11 is 1.86. The van der Waals surface area contributed by atoms with E-state index >= 15 is 0 Å². The van der Waals surface area contributed by atoms with Gasteiger partial charge in [0.25, 0.3) is 0 Å². The SMILES string of the molecule is CCCCN(CCCC)c1nc(C)c(CNC(C)(C)C)s1. The predicted molar refractivity (Wildman–Crippen MR) is 95.5 cm³/mol. The molecule has 0 spiro atoms. The number of hydrogen-bond donors (Lipinski definition) is 1. The van der Waals surface area contributed by atoms with Gasteiger partial charge in [0.2, 0.25) is 0 Å². The van der Waals surface area contributed by atoms with Crippen LogP contribution in [-0.2, 0) is 6.54 Å². The van der Waals surface area contributed by atoms with Crippen LogP contribution in [0.3, 0.4) is 0 Å². The minimum Gasteiger partial charge on any atom is -0.348 e. The van der Waals surface area contributed by atoms with Gasteiger partial charge in [0.05, 0.1) is 5.69 Å². The number of nitrogens with one attached hydrogen (secondary N) is 1. The molecule has 4 heteroatoms. The molecule has 1 heterocycles. The van der Waals surface area contributed by atoms with Crippen LogP contribution in [0.4, 0.5) is 5.13 Å². The highest BCUT2D eigenvalue weighted by atomic mass is 32.1. The lowest BCUT2D eigenvalue weighted by Crippen LogP contribution is -2.34. The Morgan fingerprint density at radius 2 is 1.67 bits per heavy atom. The van der Waals surface area contributed by atoms with E-state index in [4.69, 9.17) is 4.98 Å². The van der Waals surface area contributed by atoms with Gasteiger partial charge in [-0.3, -0.25) is 0 Å². The van der Waals surface area contributed by atoms with E-state index in [0.29, 0.717) is 0 Å². The average Bonchev–Trinajstić information content (AvgIpc) is 2.77. The van der Waals surface area contributed by atoms with Crippen molar-refractivity contribution in [2.24, 2.45) is 0 Å². The molecular weight excluding hydrogens is 278 g/mol. The van der Waals surface area contributed by atoms with Gasteiger partial charge in [-0.1, -0.05) is 26.7 Å². The number of nitrogens with zero attached hydrogens (tertiary/aromatic N) is 2. The monoisotopic (exact) mass is 311 g/mol. The average molecular weight is 312 g/mol. The molecule has 0 unspecified atom stereocenters. The van der Waals surface area contributed by atoms with E-state index in [1.807, 2.05) is 11.3 Å². The van der Waals surface area contributed by atoms with Crippen LogP contribution in [0.1, 0.15) is 70.9 Å². The maximum Gasteiger partial charge on any atom is 0.185 e. The standard InChI is InChI=1S/C17H33N3S/c1-7-9-11-20(12-10-8-2)16-19-14(3)15(21-16)13-18-17(4,5)6/h18H,7-13H2,1-6H3. The van der Waals surface area contributed by atoms with Gasteiger partial charge in [-0.05, 0) is 40.5 Å². The Kier molecular flexibility index (Phi) is 7.67. The third-order valence-corrected chi connectivity index (χ3v) is 4.71. The number of anilines is 1. The Hall–Kier alpha value is -0.610. The molecule has 0 saturated heterocycles. The van der Waals surface area contributed by atoms with Crippen LogP contribution in [0.15, 0.2) is 0 Å². The van der Waals surface area contributed by atoms with E-state index in [2.05, 4.69) is 51.8 Å². The second-order valence-electron chi connectivity index (χ2n) is 6.80. The summed E-state index contributed by atoms with van der Waals surface area (Å²) in [7, 11) is 0. The zero-order valence-electron chi connectivity index (χ0n) is 14.8. The minimum absolute atomic E-state index is 0.153. The molecule has 0 fully saturated rings. The molecule has 0 aliphatic heterocycles. The summed E-state index contributed by atoms with van der Waals surface area (Å²) in [5, 5.41) is 4.78. The van der Waals surface area contributed by atoms with Crippen LogP contribution in [0.2, 0.25) is 0 Å². The Morgan fingerprint density at radius 3 is 2.14 bits per heavy atom. The molecule has 0 saturated carbocycles. The Balaban J connectivity index is 2.74. The first-order valence-corrected chi connectivity index (χ1v) is 9.15. The van der Waals surface area contributed by atoms with Crippen molar-refractivity contribution in [1.82, 2.24) is 10.3 Å². The lowest BCUT2D eigenvalue weighted by molar-refractivity contribution is 0.425. The van der Waals surface area contributed by atoms with Crippen molar-refractivity contribution >= 4 is 16.5 Å². The fourth-order valence-corrected chi connectivity index (χ4v) is 3.11. The molecule has 3 nitrogen and oxygen atoms in total. The second-order valence-corrected chi connectivity index (χ2v) is 7.86. The maximum absolute atomic E-state index is 4.82. The number of aryl methyl sites for hydroxylation is 1. The second kappa shape index (κ2) is 8.74. The highest BCUT2D eigenvalue weighted by Gasteiger charge is 2.15. The summed E-state index contributed by atoms with van der Waals surface area (Å²) in [6.07, 6.45) is 4.98. The molecule has 1 rings (SSSR count). The molecule has 0 bridgehead atoms. The van der Waals surface area contributed by atoms with Crippen LogP contribution < -0.4 is 10.2 Å². The van der Waals surface area contributed by atoms with E-state index in [-0.39, 0.29) is 5.54 Å². The molecule has 1 aromatic rings. The van der Waals surface area contributed by atoms with Crippen molar-refractivity contribution in [2.75, 3.05) is 18.0 Å². The van der Waals surface area contributed by atoms with Gasteiger partial charge in [0, 0.05) is 30.1 Å². The van der Waals surface area contributed by atoms with Crippen LogP contribution in [0.5, 0.6) is 0 Å². The van der Waals surface area contributed by atoms with Crippen molar-refractivity contribution in [3.05, 3.63) is 10.6 Å². The summed E-state index contributed by atoms with van der Waals surface area (Å²) in [6.45, 7) is 16.5. The van der Waals surface area contributed by atoms with E-state index in [9.17, 15) is 0 Å². The molecule has 21 heavy (non-hydrogen) atoms. The molecule has 0 aliphatic carbocycles. The van der Waals surface area contributed by atoms with Crippen molar-refractivity contribution in [3.8, 4) is 0 Å². The van der Waals surface area contributed by atoms with E-state index in [1.165, 1.54) is 41.4 Å². The van der Waals surface area contributed by atoms with Crippen LogP contribution in [0, 0.1) is 6.92 Å². The van der Waals surface area contributed by atoms with Gasteiger partial charge in [0.1, 0.15) is 0 Å². The Labute approximate surface area is 135 Å². The minimum atomic E-state index is 0.153. The van der Waals surface area contributed by atoms with E-state index < -0.39 is 0 Å². The van der Waals surface area contributed by atoms with E-state index in [1.54, 1.807) is 0 Å². The molecule has 1 aromatic heterocycles. The maximum atomic E-state index is 4.82. The molecule has 0 radical (unpaired) electrons. The van der Waals surface area contributed by atoms with Gasteiger partial charge in [0.15, 0.2) is 5.13 Å². The largest absolute Gasteiger partial charge is 0.348 e. The topological polar surface area (TPSA) is 28.2 Å². The number of thiazole rings is 1. The summed E-state index contributed by atoms with van der Waals surface area (Å²) in [5.74, 6) is 0. The predicted octanol–water partition coefficient (Wildman–Crippen LogP) is 4.75. The highest BCUT2D eigenvalue weighted by molar-refractivity contribution is 7.15. The lowest BCUT2D eigenvalue weighted by atomic mass is 10.1. The fraction of sp³-hybridized carbons (Fsp3) is 0.824. The quantitative estimate of drug-likeness (QED) is 0.713. The zero-order chi connectivity index (χ0) is 15.9. The first kappa shape index (κ1) is 18.4. The molecule has 0 atom stereocenters. The normalized spacial score (nSPS) is 11.9. The Morgan fingerprint density at radius 1 is 1.10 bits per heavy atom. The number of aromatic nitrogens is 1. The smallest absolute Gasteiger partial charge is 0.185 e. The van der Waals surface area contributed by atoms with Crippen molar-refractivity contribution in [3.63, 3.8) is 0 Å². The van der Waals surface area contributed by atoms with Gasteiger partial charge in [-0.25, -0.2) is 4.98 Å². The van der Waals surface area contributed by atoms with Gasteiger partial charge in [-0.2, -0.15) is 0 Å². The summed E-state index contributed by atoms with van der Waals surface area (Å²) < 4.78 is 0. The molecule has 0 amide bonds. The molecule has 122 valence electrons. The van der Waals surface area contributed by atoms with Crippen molar-refractivity contribution in [1.29, 1.82) is 0 Å². The lowest BCUT2D eigenvalue weighted by Gasteiger charge is -2.21. The van der Waals surface area contributed by atoms with Gasteiger partial charge in [-0.15, -0.1) is 11.3 Å². The highest BCUT2D eigenvalue weighted by Crippen LogP contribution is 2.27. The molecule has 0 aromatic carbocycles. The first-order chi connectivity index (χ1) is 9.87. The molecular formula is C17H33N3S. The summed E-state index contributed by atoms with van der Waals surface area (Å²) in [4.78, 5) is 8.67. The third kappa shape index (κ3) is 6.79. The van der Waals surface area contributed by atoms with Gasteiger partial charge < -0.3 is 10.2 Å². The van der Waals surface area contributed by atoms with Crippen molar-refractivity contribution in [2.45, 2.75) is 79.3 Å². The molecule has 1 N–H and O–H groups in total. The van der Waals surface area contributed by atoms with Crippen LogP contribution >= 0.6 is 11.3 Å².